The number of hydrogen-bond acceptors (Lipinski definition) is 4. The van der Waals surface area contributed by atoms with E-state index in [2.05, 4.69) is 267 Å². The van der Waals surface area contributed by atoms with Crippen LogP contribution >= 0.6 is 0 Å². The van der Waals surface area contributed by atoms with Crippen LogP contribution in [0.2, 0.25) is 0 Å². The van der Waals surface area contributed by atoms with Crippen LogP contribution in [0.1, 0.15) is 0 Å². The number of aromatic nitrogens is 7. The molecule has 0 saturated heterocycles. The third kappa shape index (κ3) is 6.00. The number of rotatable bonds is 6. The zero-order valence-corrected chi connectivity index (χ0v) is 41.2. The molecular weight excluding hydrogens is 943 g/mol. The van der Waals surface area contributed by atoms with Gasteiger partial charge in [-0.1, -0.05) is 158 Å². The molecule has 0 aliphatic carbocycles. The van der Waals surface area contributed by atoms with Gasteiger partial charge in [0.2, 0.25) is 11.9 Å². The highest BCUT2D eigenvalue weighted by atomic mass is 16.3. The first-order valence-electron chi connectivity index (χ1n) is 26.0. The van der Waals surface area contributed by atoms with Gasteiger partial charge in [0.25, 0.3) is 0 Å². The first-order valence-corrected chi connectivity index (χ1v) is 26.0. The molecule has 8 heteroatoms. The molecule has 17 rings (SSSR count). The van der Waals surface area contributed by atoms with E-state index in [1.165, 1.54) is 32.6 Å². The topological polar surface area (TPSA) is 71.5 Å². The highest BCUT2D eigenvalue weighted by Crippen LogP contribution is 2.44. The molecule has 6 heterocycles. The van der Waals surface area contributed by atoms with Crippen LogP contribution in [-0.4, -0.2) is 33.2 Å². The number of fused-ring (bicyclic) bond motifs is 15. The molecule has 0 saturated carbocycles. The van der Waals surface area contributed by atoms with E-state index in [9.17, 15) is 0 Å². The summed E-state index contributed by atoms with van der Waals surface area (Å²) in [5.74, 6) is 1.60. The highest BCUT2D eigenvalue weighted by Gasteiger charge is 2.24. The van der Waals surface area contributed by atoms with Crippen molar-refractivity contribution in [1.82, 2.24) is 33.2 Å². The molecule has 11 aromatic carbocycles. The van der Waals surface area contributed by atoms with Crippen LogP contribution in [0.5, 0.6) is 0 Å². The Morgan fingerprint density at radius 3 is 1.36 bits per heavy atom. The Labute approximate surface area is 439 Å². The SMILES string of the molecule is c1ccc(-n2c3ccccc3c3c(-n4c5ccccc5c5cc(-c6cccc7oc8cc(-c9nc(-n%10c%11ccccc%11c%11ccccc%11%10)nc(-n%10c%11ccccc%11c%11ccccc%11%10)n9)ccc8c67)ccc54)cccc32)cc1. The molecule has 0 aliphatic rings. The molecular formula is C69H41N7O. The summed E-state index contributed by atoms with van der Waals surface area (Å²) < 4.78 is 16.0. The Morgan fingerprint density at radius 2 is 0.753 bits per heavy atom. The fourth-order valence-corrected chi connectivity index (χ4v) is 12.6. The van der Waals surface area contributed by atoms with Crippen LogP contribution in [0.15, 0.2) is 253 Å². The monoisotopic (exact) mass is 983 g/mol. The maximum absolute atomic E-state index is 6.85. The summed E-state index contributed by atoms with van der Waals surface area (Å²) in [6.07, 6.45) is 0. The van der Waals surface area contributed by atoms with Crippen LogP contribution in [0.3, 0.4) is 0 Å². The molecule has 8 nitrogen and oxygen atoms in total. The lowest BCUT2D eigenvalue weighted by Crippen LogP contribution is -2.10. The van der Waals surface area contributed by atoms with Crippen molar-refractivity contribution in [2.24, 2.45) is 0 Å². The van der Waals surface area contributed by atoms with E-state index >= 15 is 0 Å². The molecule has 0 atom stereocenters. The summed E-state index contributed by atoms with van der Waals surface area (Å²) in [7, 11) is 0. The van der Waals surface area contributed by atoms with E-state index in [1.54, 1.807) is 0 Å². The second-order valence-corrected chi connectivity index (χ2v) is 19.9. The Bertz CT molecular complexity index is 5060. The molecule has 0 radical (unpaired) electrons. The van der Waals surface area contributed by atoms with Crippen molar-refractivity contribution in [3.8, 4) is 45.8 Å². The molecule has 358 valence electrons. The van der Waals surface area contributed by atoms with Gasteiger partial charge in [0.1, 0.15) is 11.2 Å². The van der Waals surface area contributed by atoms with E-state index in [0.29, 0.717) is 17.7 Å². The molecule has 0 fully saturated rings. The quantitative estimate of drug-likeness (QED) is 0.166. The fraction of sp³-hybridized carbons (Fsp3) is 0. The van der Waals surface area contributed by atoms with Gasteiger partial charge >= 0.3 is 0 Å². The zero-order valence-electron chi connectivity index (χ0n) is 41.2. The number of para-hydroxylation sites is 7. The van der Waals surface area contributed by atoms with Crippen LogP contribution in [0.4, 0.5) is 0 Å². The van der Waals surface area contributed by atoms with E-state index in [1.807, 2.05) is 0 Å². The summed E-state index contributed by atoms with van der Waals surface area (Å²) in [6.45, 7) is 0. The van der Waals surface area contributed by atoms with E-state index in [0.717, 1.165) is 105 Å². The predicted molar refractivity (Wildman–Crippen MR) is 315 cm³/mol. The summed E-state index contributed by atoms with van der Waals surface area (Å²) in [5, 5.41) is 11.4. The van der Waals surface area contributed by atoms with Crippen molar-refractivity contribution in [1.29, 1.82) is 0 Å². The van der Waals surface area contributed by atoms with Crippen molar-refractivity contribution in [2.75, 3.05) is 0 Å². The average Bonchev–Trinajstić information content (AvgIpc) is 4.43. The van der Waals surface area contributed by atoms with E-state index in [-0.39, 0.29) is 0 Å². The highest BCUT2D eigenvalue weighted by molar-refractivity contribution is 6.19. The lowest BCUT2D eigenvalue weighted by atomic mass is 9.97. The molecule has 0 bridgehead atoms. The first kappa shape index (κ1) is 41.9. The number of furan rings is 1. The van der Waals surface area contributed by atoms with E-state index < -0.39 is 0 Å². The molecule has 17 aromatic rings. The van der Waals surface area contributed by atoms with Crippen molar-refractivity contribution < 1.29 is 4.42 Å². The minimum atomic E-state index is 0.531. The van der Waals surface area contributed by atoms with E-state index in [4.69, 9.17) is 19.4 Å². The fourth-order valence-electron chi connectivity index (χ4n) is 12.6. The standard InChI is InChI=1S/C69H41N7O/c1-2-18-44(19-3-1)73-59-32-15-9-25-51(59)66-61(73)33-17-34-62(66)74-54-27-10-8-24-50(54)53-40-42(37-39-60(53)74)45-26-16-35-63-65(45)52-38-36-43(41-64(52)77-63)67-70-68(75-55-28-11-4-20-46(55)47-21-5-12-29-56(47)75)72-69(71-67)76-57-30-13-6-22-48(57)49-23-7-14-31-58(49)76/h1-41H. The van der Waals surface area contributed by atoms with Gasteiger partial charge in [-0.15, -0.1) is 0 Å². The summed E-state index contributed by atoms with van der Waals surface area (Å²) in [4.78, 5) is 16.1. The second kappa shape index (κ2) is 16.0. The van der Waals surface area contributed by atoms with Gasteiger partial charge in [-0.2, -0.15) is 15.0 Å². The predicted octanol–water partition coefficient (Wildman–Crippen LogP) is 17.5. The third-order valence-corrected chi connectivity index (χ3v) is 15.8. The average molecular weight is 984 g/mol. The summed E-state index contributed by atoms with van der Waals surface area (Å²) in [6, 6.07) is 88.5. The van der Waals surface area contributed by atoms with Crippen molar-refractivity contribution in [3.05, 3.63) is 249 Å². The number of hydrogen-bond donors (Lipinski definition) is 0. The maximum Gasteiger partial charge on any atom is 0.240 e. The Balaban J connectivity index is 0.842. The van der Waals surface area contributed by atoms with Gasteiger partial charge in [-0.3, -0.25) is 9.13 Å². The lowest BCUT2D eigenvalue weighted by molar-refractivity contribution is 0.669. The van der Waals surface area contributed by atoms with Crippen LogP contribution < -0.4 is 0 Å². The number of nitrogens with zero attached hydrogens (tertiary/aromatic N) is 7. The summed E-state index contributed by atoms with van der Waals surface area (Å²) in [5.41, 5.74) is 15.6. The third-order valence-electron chi connectivity index (χ3n) is 15.8. The molecule has 0 amide bonds. The van der Waals surface area contributed by atoms with Gasteiger partial charge in [-0.25, -0.2) is 0 Å². The van der Waals surface area contributed by atoms with Crippen LogP contribution in [0, 0.1) is 0 Å². The molecule has 0 N–H and O–H groups in total. The van der Waals surface area contributed by atoms with Gasteiger partial charge in [0, 0.05) is 65.1 Å². The van der Waals surface area contributed by atoms with Crippen molar-refractivity contribution in [2.45, 2.75) is 0 Å². The zero-order chi connectivity index (χ0) is 50.3. The Kier molecular flexibility index (Phi) is 8.68. The smallest absolute Gasteiger partial charge is 0.240 e. The Morgan fingerprint density at radius 1 is 0.273 bits per heavy atom. The van der Waals surface area contributed by atoms with Crippen molar-refractivity contribution in [3.63, 3.8) is 0 Å². The molecule has 0 aliphatic heterocycles. The van der Waals surface area contributed by atoms with Gasteiger partial charge in [0.15, 0.2) is 5.82 Å². The van der Waals surface area contributed by atoms with Crippen LogP contribution in [-0.2, 0) is 0 Å². The minimum Gasteiger partial charge on any atom is -0.456 e. The molecule has 6 aromatic heterocycles. The van der Waals surface area contributed by atoms with Crippen LogP contribution in [0.25, 0.3) is 155 Å². The van der Waals surface area contributed by atoms with Gasteiger partial charge < -0.3 is 13.6 Å². The first-order chi connectivity index (χ1) is 38.2. The Hall–Kier alpha value is -10.6. The lowest BCUT2D eigenvalue weighted by Gasteiger charge is -2.12. The van der Waals surface area contributed by atoms with Gasteiger partial charge in [0.05, 0.1) is 49.8 Å². The normalized spacial score (nSPS) is 12.2. The largest absolute Gasteiger partial charge is 0.456 e. The van der Waals surface area contributed by atoms with Crippen molar-refractivity contribution >= 4 is 109 Å². The minimum absolute atomic E-state index is 0.531. The molecule has 0 unspecified atom stereocenters. The molecule has 0 spiro atoms. The molecule has 77 heavy (non-hydrogen) atoms. The second-order valence-electron chi connectivity index (χ2n) is 19.9. The maximum atomic E-state index is 6.85. The summed E-state index contributed by atoms with van der Waals surface area (Å²) >= 11 is 0. The van der Waals surface area contributed by atoms with Gasteiger partial charge in [-0.05, 0) is 102 Å². The number of benzene rings is 11.